The van der Waals surface area contributed by atoms with E-state index < -0.39 is 11.6 Å². The lowest BCUT2D eigenvalue weighted by Gasteiger charge is -2.66. The van der Waals surface area contributed by atoms with Gasteiger partial charge < -0.3 is 30.4 Å². The lowest BCUT2D eigenvalue weighted by Crippen LogP contribution is -2.66. The Bertz CT molecular complexity index is 1980. The van der Waals surface area contributed by atoms with Crippen LogP contribution >= 0.6 is 0 Å². The average Bonchev–Trinajstić information content (AvgIpc) is 3.85. The number of nitrogens with two attached hydrogens (primary N) is 2. The van der Waals surface area contributed by atoms with Crippen molar-refractivity contribution in [2.24, 2.45) is 104 Å². The van der Waals surface area contributed by atoms with Crippen molar-refractivity contribution in [2.45, 2.75) is 221 Å². The first kappa shape index (κ1) is 53.5. The summed E-state index contributed by atoms with van der Waals surface area (Å²) in [5.41, 5.74) is 9.99. The number of carbonyl (C=O) groups is 6. The van der Waals surface area contributed by atoms with Crippen LogP contribution in [0.15, 0.2) is 0 Å². The molecule has 1 heterocycles. The molecule has 9 aliphatic rings. The van der Waals surface area contributed by atoms with E-state index in [0.717, 1.165) is 38.5 Å². The summed E-state index contributed by atoms with van der Waals surface area (Å²) in [5.74, 6) is -3.05. The highest BCUT2D eigenvalue weighted by Crippen LogP contribution is 2.73. The van der Waals surface area contributed by atoms with E-state index in [-0.39, 0.29) is 153 Å². The minimum absolute atomic E-state index is 0.00924. The van der Waals surface area contributed by atoms with Crippen LogP contribution in [-0.4, -0.2) is 71.7 Å². The Morgan fingerprint density at radius 2 is 0.847 bits per heavy atom. The Balaban J connectivity index is 0.934. The molecule has 8 aliphatic carbocycles. The van der Waals surface area contributed by atoms with Crippen LogP contribution in [0.5, 0.6) is 0 Å². The zero-order chi connectivity index (χ0) is 52.1. The van der Waals surface area contributed by atoms with Gasteiger partial charge >= 0.3 is 23.9 Å². The third-order valence-corrected chi connectivity index (χ3v) is 22.6. The fourth-order valence-corrected chi connectivity index (χ4v) is 19.3. The molecule has 9 rings (SSSR count). The molecule has 404 valence electrons. The molecule has 4 N–H and O–H groups in total. The van der Waals surface area contributed by atoms with Gasteiger partial charge in [0, 0.05) is 88.9 Å². The van der Waals surface area contributed by atoms with Gasteiger partial charge in [-0.15, -0.1) is 0 Å². The number of esters is 4. The Labute approximate surface area is 426 Å². The number of fused-ring (bicyclic) bond motifs is 10. The van der Waals surface area contributed by atoms with Crippen molar-refractivity contribution in [1.29, 1.82) is 0 Å². The van der Waals surface area contributed by atoms with Crippen molar-refractivity contribution in [2.75, 3.05) is 0 Å². The molecule has 0 aromatic rings. The molecule has 1 aliphatic heterocycles. The first-order chi connectivity index (χ1) is 33.8. The van der Waals surface area contributed by atoms with Gasteiger partial charge in [-0.05, 0) is 147 Å². The molecule has 10 unspecified atom stereocenters. The number of carbonyl (C=O) groups excluding carboxylic acids is 6. The second kappa shape index (κ2) is 19.3. The second-order valence-electron chi connectivity index (χ2n) is 26.0. The number of rotatable bonds is 12. The van der Waals surface area contributed by atoms with Gasteiger partial charge in [-0.25, -0.2) is 0 Å². The van der Waals surface area contributed by atoms with Gasteiger partial charge in [0.05, 0.1) is 0 Å². The number of ether oxygens (including phenoxy) is 4. The molecule has 0 bridgehead atoms. The Morgan fingerprint density at radius 3 is 1.17 bits per heavy atom. The van der Waals surface area contributed by atoms with Crippen LogP contribution in [0.25, 0.3) is 0 Å². The van der Waals surface area contributed by atoms with Crippen molar-refractivity contribution in [3.8, 4) is 0 Å². The molecule has 2 spiro atoms. The highest BCUT2D eigenvalue weighted by Gasteiger charge is 2.72. The van der Waals surface area contributed by atoms with Crippen molar-refractivity contribution >= 4 is 35.7 Å². The zero-order valence-corrected chi connectivity index (χ0v) is 44.8. The minimum atomic E-state index is -1.20. The van der Waals surface area contributed by atoms with E-state index in [4.69, 9.17) is 50.0 Å². The molecule has 72 heavy (non-hydrogen) atoms. The van der Waals surface area contributed by atoms with Crippen LogP contribution in [-0.2, 0) is 67.3 Å². The minimum Gasteiger partial charge on any atom is -0.462 e. The van der Waals surface area contributed by atoms with E-state index in [1.807, 2.05) is 0 Å². The van der Waals surface area contributed by atoms with Gasteiger partial charge in [-0.3, -0.25) is 28.8 Å². The molecular weight excluding hydrogens is 925 g/mol. The Morgan fingerprint density at radius 1 is 0.500 bits per heavy atom. The quantitative estimate of drug-likeness (QED) is 0.106. The maximum atomic E-state index is 13.0. The average molecular weight is 1010 g/mol. The van der Waals surface area contributed by atoms with Crippen LogP contribution in [0.3, 0.4) is 0 Å². The maximum absolute atomic E-state index is 13.0. The van der Waals surface area contributed by atoms with Gasteiger partial charge in [-0.1, -0.05) is 41.5 Å². The molecule has 2 amide bonds. The monoisotopic (exact) mass is 1010 g/mol. The summed E-state index contributed by atoms with van der Waals surface area (Å²) in [7, 11) is 0. The van der Waals surface area contributed by atoms with E-state index in [9.17, 15) is 28.8 Å². The number of amides is 2. The molecule has 1 saturated heterocycles. The largest absolute Gasteiger partial charge is 0.462 e. The fraction of sp³-hybridized carbons (Fsp3) is 0.893. The van der Waals surface area contributed by atoms with Gasteiger partial charge in [0.15, 0.2) is 0 Å². The number of hydrogen-bond donors (Lipinski definition) is 2. The summed E-state index contributed by atoms with van der Waals surface area (Å²) in [6.45, 7) is 19.5. The number of primary amides is 2. The van der Waals surface area contributed by atoms with Crippen LogP contribution in [0.1, 0.15) is 185 Å². The van der Waals surface area contributed by atoms with E-state index in [1.54, 1.807) is 0 Å². The van der Waals surface area contributed by atoms with Crippen LogP contribution < -0.4 is 11.5 Å². The highest BCUT2D eigenvalue weighted by atomic mass is 17.4. The summed E-state index contributed by atoms with van der Waals surface area (Å²) >= 11 is 0. The van der Waals surface area contributed by atoms with E-state index >= 15 is 0 Å². The van der Waals surface area contributed by atoms with Crippen LogP contribution in [0, 0.1) is 92.7 Å². The molecular formula is C56H86N2O14. The third-order valence-electron chi connectivity index (χ3n) is 22.6. The SMILES string of the molecule is CC(=O)O[C@H]1CC2C(C3CCC(C(C)CCC(N)=O)[C@]31C)[C@H](OC(C)=O)C[C@@H]1CC3(CC[C@]21C)OOC1(CC[C@]2(C)C4C[C@H](OC(C)=O)[C@]5(C)C(C(C)CCC(N)=O)CCC5C4[C@H](OC(C)=O)C[C@@H]2C1)OO3. The molecule has 0 aromatic carbocycles. The normalized spacial score (nSPS) is 47.8. The molecule has 0 aromatic heterocycles. The topological polar surface area (TPSA) is 228 Å². The Kier molecular flexibility index (Phi) is 14.4. The van der Waals surface area contributed by atoms with Crippen molar-refractivity contribution in [3.63, 3.8) is 0 Å². The smallest absolute Gasteiger partial charge is 0.302 e. The first-order valence-corrected chi connectivity index (χ1v) is 27.8. The molecule has 0 radical (unpaired) electrons. The molecule has 8 saturated carbocycles. The highest BCUT2D eigenvalue weighted by molar-refractivity contribution is 5.74. The van der Waals surface area contributed by atoms with E-state index in [0.29, 0.717) is 77.0 Å². The van der Waals surface area contributed by atoms with Gasteiger partial charge in [0.25, 0.3) is 0 Å². The van der Waals surface area contributed by atoms with Gasteiger partial charge in [0.2, 0.25) is 23.4 Å². The van der Waals surface area contributed by atoms with Gasteiger partial charge in [-0.2, -0.15) is 19.6 Å². The standard InChI is InChI=1S/C56H86N2O14/c1-29(11-17-47(57)63)37-13-15-39-49-41(25-45(53(37,39)9)67-33(5)61)51(7)19-21-55(27-35(51)23-43(49)65-31(3)59)69-71-56(72-70-55)22-20-52(8)36(28-56)24-44(66-32(4)60)50-40-16-14-38(30(2)12-18-48(58)64)54(40,10)46(26-42(50)52)68-34(6)62/h29-30,35-46,49-50H,11-28H2,1-10H3,(H2,57,63)(H2,58,64)/t29?,30?,35-,36-,37?,38?,39?,40?,41?,42?,43-,44-,45+,46+,49?,50?,51+,52+,53-,54-,55?,56?/m1/s1. The zero-order valence-electron chi connectivity index (χ0n) is 44.8. The maximum Gasteiger partial charge on any atom is 0.302 e. The van der Waals surface area contributed by atoms with E-state index in [2.05, 4.69) is 41.5 Å². The van der Waals surface area contributed by atoms with Crippen LogP contribution in [0.2, 0.25) is 0 Å². The lowest BCUT2D eigenvalue weighted by molar-refractivity contribution is -0.667. The summed E-state index contributed by atoms with van der Waals surface area (Å²) in [4.78, 5) is 102. The lowest BCUT2D eigenvalue weighted by atomic mass is 9.42. The molecule has 20 atom stereocenters. The number of hydrogen-bond acceptors (Lipinski definition) is 14. The van der Waals surface area contributed by atoms with Crippen molar-refractivity contribution in [3.05, 3.63) is 0 Å². The second-order valence-corrected chi connectivity index (χ2v) is 26.0. The van der Waals surface area contributed by atoms with Crippen molar-refractivity contribution in [1.82, 2.24) is 0 Å². The predicted molar refractivity (Wildman–Crippen MR) is 259 cm³/mol. The summed E-state index contributed by atoms with van der Waals surface area (Å²) in [5, 5.41) is 0. The van der Waals surface area contributed by atoms with Gasteiger partial charge in [0.1, 0.15) is 24.4 Å². The van der Waals surface area contributed by atoms with Crippen LogP contribution in [0.4, 0.5) is 0 Å². The third kappa shape index (κ3) is 9.00. The molecule has 16 nitrogen and oxygen atoms in total. The summed E-state index contributed by atoms with van der Waals surface area (Å²) < 4.78 is 25.4. The predicted octanol–water partition coefficient (Wildman–Crippen LogP) is 8.58. The summed E-state index contributed by atoms with van der Waals surface area (Å²) in [6, 6.07) is 0. The Hall–Kier alpha value is -3.34. The molecule has 9 fully saturated rings. The fourth-order valence-electron chi connectivity index (χ4n) is 19.3. The van der Waals surface area contributed by atoms with Crippen molar-refractivity contribution < 1.29 is 67.3 Å². The van der Waals surface area contributed by atoms with E-state index in [1.165, 1.54) is 27.7 Å². The first-order valence-electron chi connectivity index (χ1n) is 27.8. The summed E-state index contributed by atoms with van der Waals surface area (Å²) in [6.07, 6.45) is 10.1. The molecule has 16 heteroatoms.